The third-order valence-corrected chi connectivity index (χ3v) is 3.63. The van der Waals surface area contributed by atoms with Gasteiger partial charge in [0.1, 0.15) is 0 Å². The maximum absolute atomic E-state index is 5.44. The smallest absolute Gasteiger partial charge is 0.182 e. The van der Waals surface area contributed by atoms with Gasteiger partial charge in [-0.15, -0.1) is 0 Å². The number of rotatable bonds is 4. The van der Waals surface area contributed by atoms with Gasteiger partial charge in [0.25, 0.3) is 0 Å². The van der Waals surface area contributed by atoms with E-state index in [4.69, 9.17) is 17.0 Å². The number of nitrogens with one attached hydrogen (secondary N) is 1. The van der Waals surface area contributed by atoms with E-state index >= 15 is 0 Å². The van der Waals surface area contributed by atoms with Gasteiger partial charge in [-0.25, -0.2) is 0 Å². The molecule has 0 unspecified atom stereocenters. The molecule has 2 aromatic carbocycles. The molecule has 3 rings (SSSR count). The van der Waals surface area contributed by atoms with Crippen LogP contribution in [0, 0.1) is 4.77 Å². The number of H-pyrrole nitrogens is 1. The van der Waals surface area contributed by atoms with E-state index in [1.165, 1.54) is 0 Å². The van der Waals surface area contributed by atoms with Crippen LogP contribution in [0.5, 0.6) is 0 Å². The maximum atomic E-state index is 5.44. The molecule has 3 nitrogen and oxygen atoms in total. The summed E-state index contributed by atoms with van der Waals surface area (Å²) < 4.78 is 7.93. The largest absolute Gasteiger partial charge is 0.380 e. The van der Waals surface area contributed by atoms with E-state index in [0.29, 0.717) is 11.4 Å². The van der Waals surface area contributed by atoms with E-state index in [1.54, 1.807) is 7.11 Å². The topological polar surface area (TPSA) is 29.9 Å². The normalized spacial score (nSPS) is 10.7. The van der Waals surface area contributed by atoms with E-state index in [0.717, 1.165) is 22.5 Å². The number of benzene rings is 2. The van der Waals surface area contributed by atoms with Gasteiger partial charge in [-0.2, -0.15) is 0 Å². The van der Waals surface area contributed by atoms with Crippen molar-refractivity contribution in [2.75, 3.05) is 7.11 Å². The molecule has 0 spiro atoms. The lowest BCUT2D eigenvalue weighted by Crippen LogP contribution is -1.98. The first-order valence-corrected chi connectivity index (χ1v) is 7.14. The molecule has 4 heteroatoms. The lowest BCUT2D eigenvalue weighted by Gasteiger charge is -2.10. The molecule has 0 amide bonds. The minimum Gasteiger partial charge on any atom is -0.380 e. The van der Waals surface area contributed by atoms with Crippen molar-refractivity contribution < 1.29 is 4.74 Å². The van der Waals surface area contributed by atoms with Crippen LogP contribution < -0.4 is 0 Å². The van der Waals surface area contributed by atoms with Crippen molar-refractivity contribution >= 4 is 12.2 Å². The average molecular weight is 296 g/mol. The molecule has 0 saturated carbocycles. The molecule has 0 atom stereocenters. The molecular formula is C17H16N2OS. The van der Waals surface area contributed by atoms with Crippen molar-refractivity contribution in [3.8, 4) is 16.9 Å². The Morgan fingerprint density at radius 3 is 2.67 bits per heavy atom. The standard InChI is InChI=1S/C17H16N2OS/c1-20-12-13-6-5-9-15(10-13)19-16(11-18-17(19)21)14-7-3-2-4-8-14/h2-11H,12H2,1H3,(H,18,21). The predicted molar refractivity (Wildman–Crippen MR) is 87.1 cm³/mol. The van der Waals surface area contributed by atoms with E-state index in [1.807, 2.05) is 41.1 Å². The van der Waals surface area contributed by atoms with Crippen LogP contribution in [0.2, 0.25) is 0 Å². The van der Waals surface area contributed by atoms with Gasteiger partial charge in [0.05, 0.1) is 12.3 Å². The van der Waals surface area contributed by atoms with E-state index in [9.17, 15) is 0 Å². The van der Waals surface area contributed by atoms with Gasteiger partial charge in [-0.05, 0) is 29.9 Å². The lowest BCUT2D eigenvalue weighted by molar-refractivity contribution is 0.185. The van der Waals surface area contributed by atoms with Gasteiger partial charge in [0, 0.05) is 24.6 Å². The molecule has 0 aliphatic carbocycles. The van der Waals surface area contributed by atoms with Crippen LogP contribution in [0.25, 0.3) is 16.9 Å². The fourth-order valence-corrected chi connectivity index (χ4v) is 2.66. The monoisotopic (exact) mass is 296 g/mol. The van der Waals surface area contributed by atoms with Crippen LogP contribution in [0.15, 0.2) is 60.8 Å². The predicted octanol–water partition coefficient (Wildman–Crippen LogP) is 4.35. The summed E-state index contributed by atoms with van der Waals surface area (Å²) in [5.74, 6) is 0. The summed E-state index contributed by atoms with van der Waals surface area (Å²) in [4.78, 5) is 3.13. The molecule has 1 aromatic heterocycles. The Bertz CT molecular complexity index is 790. The fourth-order valence-electron chi connectivity index (χ4n) is 2.40. The van der Waals surface area contributed by atoms with Gasteiger partial charge in [-0.1, -0.05) is 42.5 Å². The molecule has 0 bridgehead atoms. The number of aromatic nitrogens is 2. The Hall–Kier alpha value is -2.17. The van der Waals surface area contributed by atoms with Crippen molar-refractivity contribution in [2.45, 2.75) is 6.61 Å². The lowest BCUT2D eigenvalue weighted by atomic mass is 10.1. The Morgan fingerprint density at radius 1 is 1.10 bits per heavy atom. The highest BCUT2D eigenvalue weighted by molar-refractivity contribution is 7.71. The molecule has 1 N–H and O–H groups in total. The summed E-state index contributed by atoms with van der Waals surface area (Å²) in [7, 11) is 1.70. The average Bonchev–Trinajstić information content (AvgIpc) is 2.90. The number of nitrogens with zero attached hydrogens (tertiary/aromatic N) is 1. The number of ether oxygens (including phenoxy) is 1. The third kappa shape index (κ3) is 2.82. The maximum Gasteiger partial charge on any atom is 0.182 e. The Balaban J connectivity index is 2.13. The Kier molecular flexibility index (Phi) is 3.99. The van der Waals surface area contributed by atoms with Gasteiger partial charge in [0.2, 0.25) is 0 Å². The van der Waals surface area contributed by atoms with Crippen LogP contribution in [-0.4, -0.2) is 16.7 Å². The highest BCUT2D eigenvalue weighted by Crippen LogP contribution is 2.24. The van der Waals surface area contributed by atoms with Gasteiger partial charge in [0.15, 0.2) is 4.77 Å². The quantitative estimate of drug-likeness (QED) is 0.725. The van der Waals surface area contributed by atoms with Crippen LogP contribution in [0.1, 0.15) is 5.56 Å². The van der Waals surface area contributed by atoms with Crippen molar-refractivity contribution in [2.24, 2.45) is 0 Å². The number of methoxy groups -OCH3 is 1. The van der Waals surface area contributed by atoms with Crippen LogP contribution >= 0.6 is 12.2 Å². The molecule has 0 radical (unpaired) electrons. The van der Waals surface area contributed by atoms with Crippen LogP contribution in [-0.2, 0) is 11.3 Å². The molecule has 0 aliphatic heterocycles. The molecule has 21 heavy (non-hydrogen) atoms. The van der Waals surface area contributed by atoms with Crippen molar-refractivity contribution in [3.63, 3.8) is 0 Å². The first kappa shape index (κ1) is 13.8. The minimum atomic E-state index is 0.590. The summed E-state index contributed by atoms with van der Waals surface area (Å²) in [5.41, 5.74) is 4.34. The number of aromatic amines is 1. The zero-order valence-corrected chi connectivity index (χ0v) is 12.6. The van der Waals surface area contributed by atoms with Crippen molar-refractivity contribution in [3.05, 3.63) is 71.1 Å². The highest BCUT2D eigenvalue weighted by atomic mass is 32.1. The number of hydrogen-bond donors (Lipinski definition) is 1. The molecule has 0 fully saturated rings. The highest BCUT2D eigenvalue weighted by Gasteiger charge is 2.08. The summed E-state index contributed by atoms with van der Waals surface area (Å²) >= 11 is 5.44. The van der Waals surface area contributed by atoms with E-state index in [2.05, 4.69) is 29.2 Å². The summed E-state index contributed by atoms with van der Waals surface area (Å²) in [6.45, 7) is 0.590. The third-order valence-electron chi connectivity index (χ3n) is 3.33. The first-order chi connectivity index (χ1) is 10.3. The molecule has 0 aliphatic rings. The Morgan fingerprint density at radius 2 is 1.90 bits per heavy atom. The molecular weight excluding hydrogens is 280 g/mol. The SMILES string of the molecule is COCc1cccc(-n2c(-c3ccccc3)c[nH]c2=S)c1. The Labute approximate surface area is 128 Å². The second kappa shape index (κ2) is 6.08. The van der Waals surface area contributed by atoms with Crippen molar-refractivity contribution in [1.29, 1.82) is 0 Å². The summed E-state index contributed by atoms with van der Waals surface area (Å²) in [5, 5.41) is 0. The zero-order chi connectivity index (χ0) is 14.7. The number of hydrogen-bond acceptors (Lipinski definition) is 2. The van der Waals surface area contributed by atoms with Gasteiger partial charge < -0.3 is 9.72 Å². The second-order valence-corrected chi connectivity index (χ2v) is 5.17. The second-order valence-electron chi connectivity index (χ2n) is 4.78. The van der Waals surface area contributed by atoms with E-state index in [-0.39, 0.29) is 0 Å². The number of imidazole rings is 1. The first-order valence-electron chi connectivity index (χ1n) is 6.73. The minimum absolute atomic E-state index is 0.590. The summed E-state index contributed by atoms with van der Waals surface area (Å²) in [6.07, 6.45) is 1.95. The van der Waals surface area contributed by atoms with Crippen LogP contribution in [0.3, 0.4) is 0 Å². The summed E-state index contributed by atoms with van der Waals surface area (Å²) in [6, 6.07) is 18.4. The van der Waals surface area contributed by atoms with Gasteiger partial charge in [-0.3, -0.25) is 4.57 Å². The molecule has 106 valence electrons. The van der Waals surface area contributed by atoms with Crippen molar-refractivity contribution in [1.82, 2.24) is 9.55 Å². The van der Waals surface area contributed by atoms with Gasteiger partial charge >= 0.3 is 0 Å². The van der Waals surface area contributed by atoms with Crippen LogP contribution in [0.4, 0.5) is 0 Å². The molecule has 3 aromatic rings. The fraction of sp³-hybridized carbons (Fsp3) is 0.118. The zero-order valence-electron chi connectivity index (χ0n) is 11.7. The van der Waals surface area contributed by atoms with E-state index < -0.39 is 0 Å². The molecule has 0 saturated heterocycles. The molecule has 1 heterocycles.